The van der Waals surface area contributed by atoms with Crippen molar-refractivity contribution in [1.82, 2.24) is 0 Å². The Labute approximate surface area is 200 Å². The van der Waals surface area contributed by atoms with Crippen molar-refractivity contribution in [2.24, 2.45) is 0 Å². The Morgan fingerprint density at radius 3 is 1.03 bits per heavy atom. The molecule has 0 radical (unpaired) electrons. The zero-order valence-corrected chi connectivity index (χ0v) is 19.1. The number of rotatable bonds is 2. The van der Waals surface area contributed by atoms with Crippen molar-refractivity contribution in [3.05, 3.63) is 109 Å². The number of hydrogen-bond acceptors (Lipinski definition) is 5. The van der Waals surface area contributed by atoms with Crippen molar-refractivity contribution >= 4 is 58.0 Å². The van der Waals surface area contributed by atoms with E-state index in [9.17, 15) is 0 Å². The molecule has 3 heterocycles. The fourth-order valence-corrected chi connectivity index (χ4v) is 6.56. The molecule has 0 atom stereocenters. The van der Waals surface area contributed by atoms with Gasteiger partial charge in [0, 0.05) is 31.7 Å². The lowest BCUT2D eigenvalue weighted by Crippen LogP contribution is -2.15. The molecular formula is C28H18N2OS2. The Bertz CT molecular complexity index is 1310. The van der Waals surface area contributed by atoms with Crippen LogP contribution in [0.5, 0.6) is 0 Å². The van der Waals surface area contributed by atoms with Crippen molar-refractivity contribution in [3.8, 4) is 0 Å². The van der Waals surface area contributed by atoms with Gasteiger partial charge in [-0.25, -0.2) is 0 Å². The van der Waals surface area contributed by atoms with E-state index in [-0.39, 0.29) is 0 Å². The molecule has 158 valence electrons. The standard InChI is InChI=1S/C28H18N2OS2/c1-5-13-23-19(9-1)29(20-10-2-6-14-24(20)32-23)27-17-18-28(31-27)30-21-11-3-7-15-25(21)33-26-16-8-4-12-22(26)30/h1-18H. The van der Waals surface area contributed by atoms with Crippen LogP contribution in [0.3, 0.4) is 0 Å². The first kappa shape index (κ1) is 19.0. The van der Waals surface area contributed by atoms with Crippen LogP contribution >= 0.6 is 23.5 Å². The van der Waals surface area contributed by atoms with Gasteiger partial charge in [0.2, 0.25) is 11.8 Å². The average Bonchev–Trinajstić information content (AvgIpc) is 3.35. The van der Waals surface area contributed by atoms with Gasteiger partial charge in [-0.15, -0.1) is 0 Å². The smallest absolute Gasteiger partial charge is 0.207 e. The number of anilines is 6. The maximum atomic E-state index is 6.62. The summed E-state index contributed by atoms with van der Waals surface area (Å²) in [6.07, 6.45) is 0. The van der Waals surface area contributed by atoms with Crippen molar-refractivity contribution in [1.29, 1.82) is 0 Å². The lowest BCUT2D eigenvalue weighted by Gasteiger charge is -2.32. The number of para-hydroxylation sites is 4. The highest BCUT2D eigenvalue weighted by atomic mass is 32.2. The molecule has 33 heavy (non-hydrogen) atoms. The van der Waals surface area contributed by atoms with Crippen molar-refractivity contribution < 1.29 is 4.42 Å². The maximum Gasteiger partial charge on any atom is 0.207 e. The van der Waals surface area contributed by atoms with Crippen LogP contribution in [0.4, 0.5) is 34.5 Å². The predicted molar refractivity (Wildman–Crippen MR) is 136 cm³/mol. The van der Waals surface area contributed by atoms with E-state index in [0.29, 0.717) is 0 Å². The van der Waals surface area contributed by atoms with Gasteiger partial charge in [-0.2, -0.15) is 0 Å². The highest BCUT2D eigenvalue weighted by Gasteiger charge is 2.30. The van der Waals surface area contributed by atoms with E-state index < -0.39 is 0 Å². The van der Waals surface area contributed by atoms with E-state index in [1.54, 1.807) is 23.5 Å². The number of hydrogen-bond donors (Lipinski definition) is 0. The number of nitrogens with zero attached hydrogens (tertiary/aromatic N) is 2. The minimum absolute atomic E-state index is 0.804. The topological polar surface area (TPSA) is 19.6 Å². The van der Waals surface area contributed by atoms with Gasteiger partial charge in [-0.1, -0.05) is 72.1 Å². The van der Waals surface area contributed by atoms with E-state index >= 15 is 0 Å². The van der Waals surface area contributed by atoms with Crippen LogP contribution in [0, 0.1) is 0 Å². The summed E-state index contributed by atoms with van der Waals surface area (Å²) in [5.41, 5.74) is 4.54. The lowest BCUT2D eigenvalue weighted by atomic mass is 10.2. The SMILES string of the molecule is c1ccc2c(c1)Sc1ccccc1N2c1ccc(N2c3ccccc3Sc3ccccc32)o1. The third kappa shape index (κ3) is 3.00. The molecule has 0 unspecified atom stereocenters. The summed E-state index contributed by atoms with van der Waals surface area (Å²) in [6.45, 7) is 0. The summed E-state index contributed by atoms with van der Waals surface area (Å²) in [5.74, 6) is 1.61. The Hall–Kier alpha value is -3.54. The first-order valence-electron chi connectivity index (χ1n) is 10.8. The quantitative estimate of drug-likeness (QED) is 0.254. The molecule has 4 aromatic carbocycles. The molecule has 1 aromatic heterocycles. The molecule has 5 aromatic rings. The Balaban J connectivity index is 1.39. The number of furan rings is 1. The Morgan fingerprint density at radius 1 is 0.394 bits per heavy atom. The fraction of sp³-hybridized carbons (Fsp3) is 0. The minimum Gasteiger partial charge on any atom is -0.424 e. The lowest BCUT2D eigenvalue weighted by molar-refractivity contribution is 0.577. The number of benzene rings is 4. The van der Waals surface area contributed by atoms with E-state index in [4.69, 9.17) is 4.42 Å². The first-order valence-corrected chi connectivity index (χ1v) is 12.4. The third-order valence-electron chi connectivity index (χ3n) is 5.88. The van der Waals surface area contributed by atoms with Crippen LogP contribution in [0.15, 0.2) is 133 Å². The van der Waals surface area contributed by atoms with Gasteiger partial charge in [0.25, 0.3) is 0 Å². The molecule has 2 aliphatic rings. The molecule has 7 rings (SSSR count). The van der Waals surface area contributed by atoms with Gasteiger partial charge in [-0.3, -0.25) is 9.80 Å². The average molecular weight is 463 g/mol. The molecule has 0 fully saturated rings. The summed E-state index contributed by atoms with van der Waals surface area (Å²) >= 11 is 3.60. The second kappa shape index (κ2) is 7.51. The summed E-state index contributed by atoms with van der Waals surface area (Å²) in [5, 5.41) is 0. The van der Waals surface area contributed by atoms with Crippen LogP contribution in [0.1, 0.15) is 0 Å². The molecule has 0 saturated carbocycles. The molecule has 5 heteroatoms. The van der Waals surface area contributed by atoms with Gasteiger partial charge in [0.1, 0.15) is 0 Å². The second-order valence-electron chi connectivity index (χ2n) is 7.86. The van der Waals surface area contributed by atoms with Crippen LogP contribution in [0.25, 0.3) is 0 Å². The van der Waals surface area contributed by atoms with Gasteiger partial charge in [0.05, 0.1) is 22.7 Å². The fourth-order valence-electron chi connectivity index (χ4n) is 4.44. The van der Waals surface area contributed by atoms with Crippen molar-refractivity contribution in [2.75, 3.05) is 9.80 Å². The van der Waals surface area contributed by atoms with E-state index in [2.05, 4.69) is 119 Å². The van der Waals surface area contributed by atoms with E-state index in [1.165, 1.54) is 19.6 Å². The first-order chi connectivity index (χ1) is 16.4. The molecule has 0 aliphatic carbocycles. The monoisotopic (exact) mass is 462 g/mol. The van der Waals surface area contributed by atoms with Crippen molar-refractivity contribution in [2.45, 2.75) is 19.6 Å². The summed E-state index contributed by atoms with van der Waals surface area (Å²) in [4.78, 5) is 9.33. The third-order valence-corrected chi connectivity index (χ3v) is 8.14. The Morgan fingerprint density at radius 2 is 0.697 bits per heavy atom. The van der Waals surface area contributed by atoms with Crippen molar-refractivity contribution in [3.63, 3.8) is 0 Å². The van der Waals surface area contributed by atoms with E-state index in [0.717, 1.165) is 34.5 Å². The molecule has 3 nitrogen and oxygen atoms in total. The van der Waals surface area contributed by atoms with Crippen LogP contribution in [-0.4, -0.2) is 0 Å². The largest absolute Gasteiger partial charge is 0.424 e. The van der Waals surface area contributed by atoms with Gasteiger partial charge >= 0.3 is 0 Å². The van der Waals surface area contributed by atoms with Gasteiger partial charge in [0.15, 0.2) is 0 Å². The van der Waals surface area contributed by atoms with Crippen LogP contribution < -0.4 is 9.80 Å². The zero-order chi connectivity index (χ0) is 21.8. The van der Waals surface area contributed by atoms with E-state index in [1.807, 2.05) is 0 Å². The predicted octanol–water partition coefficient (Wildman–Crippen LogP) is 9.15. The molecule has 0 spiro atoms. The molecule has 2 aliphatic heterocycles. The van der Waals surface area contributed by atoms with Gasteiger partial charge < -0.3 is 4.42 Å². The molecule has 0 saturated heterocycles. The summed E-state index contributed by atoms with van der Waals surface area (Å²) in [6, 6.07) is 38.1. The molecule has 0 N–H and O–H groups in total. The second-order valence-corrected chi connectivity index (χ2v) is 10.0. The maximum absolute atomic E-state index is 6.62. The minimum atomic E-state index is 0.804. The normalized spacial score (nSPS) is 13.7. The zero-order valence-electron chi connectivity index (χ0n) is 17.5. The highest BCUT2D eigenvalue weighted by molar-refractivity contribution is 8.00. The van der Waals surface area contributed by atoms with Gasteiger partial charge in [-0.05, 0) is 48.5 Å². The van der Waals surface area contributed by atoms with Crippen LogP contribution in [-0.2, 0) is 0 Å². The Kier molecular flexibility index (Phi) is 4.32. The molecule has 0 amide bonds. The van der Waals surface area contributed by atoms with Crippen LogP contribution in [0.2, 0.25) is 0 Å². The molecule has 0 bridgehead atoms. The highest BCUT2D eigenvalue weighted by Crippen LogP contribution is 2.54. The number of fused-ring (bicyclic) bond motifs is 4. The summed E-state index contributed by atoms with van der Waals surface area (Å²) in [7, 11) is 0. The molecular weight excluding hydrogens is 444 g/mol. The summed E-state index contributed by atoms with van der Waals surface area (Å²) < 4.78 is 6.62.